The lowest BCUT2D eigenvalue weighted by Gasteiger charge is -2.26. The number of hydrogen-bond donors (Lipinski definition) is 2. The highest BCUT2D eigenvalue weighted by molar-refractivity contribution is 6.00. The molecule has 1 heterocycles. The standard InChI is InChI=1S/C24H22N2O2/c27-23-20-14-8-7-13-19(20)15-22(26-23)24(28)25-16-21(17-9-3-1-4-10-17)18-11-5-2-6-12-18/h1-14,21-22H,15-16H2,(H,25,28)(H,26,27). The molecule has 0 bridgehead atoms. The van der Waals surface area contributed by atoms with Crippen LogP contribution in [0.2, 0.25) is 0 Å². The number of amides is 2. The third kappa shape index (κ3) is 3.81. The fraction of sp³-hybridized carbons (Fsp3) is 0.167. The van der Waals surface area contributed by atoms with Crippen LogP contribution >= 0.6 is 0 Å². The van der Waals surface area contributed by atoms with Crippen LogP contribution in [0.4, 0.5) is 0 Å². The van der Waals surface area contributed by atoms with E-state index in [-0.39, 0.29) is 17.7 Å². The van der Waals surface area contributed by atoms with Gasteiger partial charge >= 0.3 is 0 Å². The summed E-state index contributed by atoms with van der Waals surface area (Å²) in [5.41, 5.74) is 3.85. The van der Waals surface area contributed by atoms with Crippen molar-refractivity contribution in [2.24, 2.45) is 0 Å². The Balaban J connectivity index is 1.49. The summed E-state index contributed by atoms with van der Waals surface area (Å²) in [7, 11) is 0. The normalized spacial score (nSPS) is 15.6. The number of benzene rings is 3. The maximum atomic E-state index is 12.8. The van der Waals surface area contributed by atoms with Crippen LogP contribution in [0.25, 0.3) is 0 Å². The molecule has 0 fully saturated rings. The Kier molecular flexibility index (Phi) is 5.20. The summed E-state index contributed by atoms with van der Waals surface area (Å²) >= 11 is 0. The summed E-state index contributed by atoms with van der Waals surface area (Å²) in [6, 6.07) is 27.2. The van der Waals surface area contributed by atoms with Gasteiger partial charge in [-0.2, -0.15) is 0 Å². The second-order valence-corrected chi connectivity index (χ2v) is 7.01. The summed E-state index contributed by atoms with van der Waals surface area (Å²) in [6.07, 6.45) is 0.509. The van der Waals surface area contributed by atoms with Crippen LogP contribution in [-0.2, 0) is 11.2 Å². The molecule has 0 aliphatic carbocycles. The number of carbonyl (C=O) groups is 2. The van der Waals surface area contributed by atoms with E-state index < -0.39 is 6.04 Å². The van der Waals surface area contributed by atoms with Crippen molar-refractivity contribution in [1.82, 2.24) is 10.6 Å². The van der Waals surface area contributed by atoms with Gasteiger partial charge in [-0.05, 0) is 22.8 Å². The molecule has 2 N–H and O–H groups in total. The zero-order chi connectivity index (χ0) is 19.3. The first-order valence-electron chi connectivity index (χ1n) is 9.49. The van der Waals surface area contributed by atoms with Crippen molar-refractivity contribution in [3.05, 3.63) is 107 Å². The molecule has 0 aromatic heterocycles. The van der Waals surface area contributed by atoms with Gasteiger partial charge in [-0.3, -0.25) is 9.59 Å². The summed E-state index contributed by atoms with van der Waals surface area (Å²) < 4.78 is 0. The van der Waals surface area contributed by atoms with Crippen LogP contribution in [0.1, 0.15) is 33.0 Å². The number of hydrogen-bond acceptors (Lipinski definition) is 2. The van der Waals surface area contributed by atoms with Crippen molar-refractivity contribution in [2.45, 2.75) is 18.4 Å². The van der Waals surface area contributed by atoms with E-state index in [4.69, 9.17) is 0 Å². The second-order valence-electron chi connectivity index (χ2n) is 7.01. The first kappa shape index (κ1) is 18.0. The highest BCUT2D eigenvalue weighted by Gasteiger charge is 2.29. The molecule has 0 spiro atoms. The van der Waals surface area contributed by atoms with Gasteiger partial charge in [-0.1, -0.05) is 78.9 Å². The molecule has 140 valence electrons. The Morgan fingerprint density at radius 3 is 2.11 bits per heavy atom. The molecule has 4 heteroatoms. The van der Waals surface area contributed by atoms with Gasteiger partial charge in [0.2, 0.25) is 5.91 Å². The van der Waals surface area contributed by atoms with Gasteiger partial charge < -0.3 is 10.6 Å². The van der Waals surface area contributed by atoms with Crippen molar-refractivity contribution in [3.63, 3.8) is 0 Å². The van der Waals surface area contributed by atoms with Crippen molar-refractivity contribution < 1.29 is 9.59 Å². The first-order valence-corrected chi connectivity index (χ1v) is 9.49. The van der Waals surface area contributed by atoms with Crippen LogP contribution in [0.3, 0.4) is 0 Å². The Morgan fingerprint density at radius 1 is 0.893 bits per heavy atom. The van der Waals surface area contributed by atoms with Crippen LogP contribution in [0.5, 0.6) is 0 Å². The quantitative estimate of drug-likeness (QED) is 0.724. The third-order valence-electron chi connectivity index (χ3n) is 5.19. The van der Waals surface area contributed by atoms with Gasteiger partial charge in [0.15, 0.2) is 0 Å². The molecule has 4 rings (SSSR count). The van der Waals surface area contributed by atoms with Crippen molar-refractivity contribution in [3.8, 4) is 0 Å². The molecule has 1 atom stereocenters. The monoisotopic (exact) mass is 370 g/mol. The van der Waals surface area contributed by atoms with Gasteiger partial charge in [0.05, 0.1) is 0 Å². The molecule has 2 amide bonds. The average Bonchev–Trinajstić information content (AvgIpc) is 2.75. The van der Waals surface area contributed by atoms with Crippen molar-refractivity contribution >= 4 is 11.8 Å². The summed E-state index contributed by atoms with van der Waals surface area (Å²) in [6.45, 7) is 0.473. The van der Waals surface area contributed by atoms with Crippen LogP contribution in [-0.4, -0.2) is 24.4 Å². The van der Waals surface area contributed by atoms with E-state index in [0.717, 1.165) is 16.7 Å². The Bertz CT molecular complexity index is 931. The minimum absolute atomic E-state index is 0.0536. The zero-order valence-electron chi connectivity index (χ0n) is 15.5. The number of carbonyl (C=O) groups excluding carboxylic acids is 2. The minimum atomic E-state index is -0.547. The van der Waals surface area contributed by atoms with Crippen molar-refractivity contribution in [2.75, 3.05) is 6.54 Å². The molecule has 4 nitrogen and oxygen atoms in total. The molecule has 3 aromatic carbocycles. The summed E-state index contributed by atoms with van der Waals surface area (Å²) in [4.78, 5) is 25.1. The van der Waals surface area contributed by atoms with Gasteiger partial charge in [-0.25, -0.2) is 0 Å². The van der Waals surface area contributed by atoms with Gasteiger partial charge in [0, 0.05) is 24.4 Å². The van der Waals surface area contributed by atoms with E-state index in [0.29, 0.717) is 18.5 Å². The lowest BCUT2D eigenvalue weighted by atomic mass is 9.91. The summed E-state index contributed by atoms with van der Waals surface area (Å²) in [5.74, 6) is -0.290. The number of nitrogens with one attached hydrogen (secondary N) is 2. The molecule has 28 heavy (non-hydrogen) atoms. The number of fused-ring (bicyclic) bond motifs is 1. The molecule has 0 saturated carbocycles. The molecule has 3 aromatic rings. The largest absolute Gasteiger partial charge is 0.353 e. The van der Waals surface area contributed by atoms with Crippen LogP contribution < -0.4 is 10.6 Å². The van der Waals surface area contributed by atoms with E-state index in [9.17, 15) is 9.59 Å². The van der Waals surface area contributed by atoms with Crippen LogP contribution in [0, 0.1) is 0 Å². The average molecular weight is 370 g/mol. The predicted molar refractivity (Wildman–Crippen MR) is 109 cm³/mol. The third-order valence-corrected chi connectivity index (χ3v) is 5.19. The maximum Gasteiger partial charge on any atom is 0.252 e. The van der Waals surface area contributed by atoms with Crippen molar-refractivity contribution in [1.29, 1.82) is 0 Å². The molecule has 1 unspecified atom stereocenters. The lowest BCUT2D eigenvalue weighted by Crippen LogP contribution is -2.51. The topological polar surface area (TPSA) is 58.2 Å². The smallest absolute Gasteiger partial charge is 0.252 e. The lowest BCUT2D eigenvalue weighted by molar-refractivity contribution is -0.123. The van der Waals surface area contributed by atoms with Gasteiger partial charge in [-0.15, -0.1) is 0 Å². The van der Waals surface area contributed by atoms with Gasteiger partial charge in [0.25, 0.3) is 5.91 Å². The van der Waals surface area contributed by atoms with E-state index in [1.807, 2.05) is 54.6 Å². The highest BCUT2D eigenvalue weighted by Crippen LogP contribution is 2.24. The Hall–Kier alpha value is -3.40. The van der Waals surface area contributed by atoms with E-state index >= 15 is 0 Å². The zero-order valence-corrected chi connectivity index (χ0v) is 15.5. The second kappa shape index (κ2) is 8.09. The molecule has 1 aliphatic heterocycles. The van der Waals surface area contributed by atoms with Crippen LogP contribution in [0.15, 0.2) is 84.9 Å². The SMILES string of the molecule is O=C1NC(C(=O)NCC(c2ccccc2)c2ccccc2)Cc2ccccc21. The van der Waals surface area contributed by atoms with E-state index in [1.165, 1.54) is 0 Å². The molecule has 1 aliphatic rings. The Morgan fingerprint density at radius 2 is 1.46 bits per heavy atom. The first-order chi connectivity index (χ1) is 13.7. The Labute approximate surface area is 164 Å². The maximum absolute atomic E-state index is 12.8. The van der Waals surface area contributed by atoms with Gasteiger partial charge in [0.1, 0.15) is 6.04 Å². The highest BCUT2D eigenvalue weighted by atomic mass is 16.2. The molecule has 0 saturated heterocycles. The minimum Gasteiger partial charge on any atom is -0.353 e. The van der Waals surface area contributed by atoms with E-state index in [2.05, 4.69) is 34.9 Å². The molecular weight excluding hydrogens is 348 g/mol. The fourth-order valence-electron chi connectivity index (χ4n) is 3.71. The molecule has 0 radical (unpaired) electrons. The predicted octanol–water partition coefficient (Wildman–Crippen LogP) is 3.29. The van der Waals surface area contributed by atoms with E-state index in [1.54, 1.807) is 6.07 Å². The molecular formula is C24H22N2O2. The number of rotatable bonds is 5. The summed E-state index contributed by atoms with van der Waals surface area (Å²) in [5, 5.41) is 5.87. The fourth-order valence-corrected chi connectivity index (χ4v) is 3.71.